The maximum atomic E-state index is 9.30. The Morgan fingerprint density at radius 1 is 1.43 bits per heavy atom. The molecule has 0 aliphatic rings. The third-order valence-electron chi connectivity index (χ3n) is 2.46. The van der Waals surface area contributed by atoms with E-state index in [1.165, 1.54) is 0 Å². The topological polar surface area (TPSA) is 66.5 Å². The molecule has 0 fully saturated rings. The second-order valence-electron chi connectivity index (χ2n) is 3.64. The summed E-state index contributed by atoms with van der Waals surface area (Å²) in [5, 5.41) is 18.3. The van der Waals surface area contributed by atoms with Gasteiger partial charge in [-0.1, -0.05) is 25.1 Å². The van der Waals surface area contributed by atoms with E-state index in [0.29, 0.717) is 0 Å². The Morgan fingerprint density at radius 2 is 2.07 bits per heavy atom. The van der Waals surface area contributed by atoms with Crippen molar-refractivity contribution in [1.29, 1.82) is 0 Å². The molecule has 1 aromatic rings. The van der Waals surface area contributed by atoms with Gasteiger partial charge in [-0.3, -0.25) is 0 Å². The first-order valence-corrected chi connectivity index (χ1v) is 4.71. The van der Waals surface area contributed by atoms with Gasteiger partial charge >= 0.3 is 0 Å². The Bertz CT molecular complexity index is 310. The molecule has 0 aliphatic carbocycles. The van der Waals surface area contributed by atoms with Gasteiger partial charge in [-0.05, 0) is 23.6 Å². The summed E-state index contributed by atoms with van der Waals surface area (Å²) in [4.78, 5) is 0. The number of nitrogens with two attached hydrogens (primary N) is 1. The molecule has 0 saturated heterocycles. The molecule has 0 bridgehead atoms. The lowest BCUT2D eigenvalue weighted by molar-refractivity contribution is 0.185. The van der Waals surface area contributed by atoms with E-state index in [2.05, 4.69) is 0 Å². The fraction of sp³-hybridized carbons (Fsp3) is 0.455. The third-order valence-corrected chi connectivity index (χ3v) is 2.46. The van der Waals surface area contributed by atoms with Gasteiger partial charge in [0.15, 0.2) is 0 Å². The minimum absolute atomic E-state index is 0.0769. The zero-order chi connectivity index (χ0) is 10.7. The summed E-state index contributed by atoms with van der Waals surface area (Å²) in [7, 11) is 0. The van der Waals surface area contributed by atoms with E-state index >= 15 is 0 Å². The Labute approximate surface area is 84.2 Å². The fourth-order valence-electron chi connectivity index (χ4n) is 1.39. The molecule has 3 nitrogen and oxygen atoms in total. The Hall–Kier alpha value is -0.900. The lowest BCUT2D eigenvalue weighted by Gasteiger charge is -2.14. The van der Waals surface area contributed by atoms with Crippen molar-refractivity contribution in [2.45, 2.75) is 26.0 Å². The molecular formula is C11H17NO2. The molecule has 1 aromatic carbocycles. The van der Waals surface area contributed by atoms with E-state index in [0.717, 1.165) is 16.7 Å². The van der Waals surface area contributed by atoms with Crippen molar-refractivity contribution in [3.05, 3.63) is 34.9 Å². The normalized spacial score (nSPS) is 15.2. The first kappa shape index (κ1) is 11.2. The number of aliphatic hydroxyl groups is 2. The van der Waals surface area contributed by atoms with Crippen LogP contribution in [0.4, 0.5) is 0 Å². The predicted octanol–water partition coefficient (Wildman–Crippen LogP) is 1.04. The lowest BCUT2D eigenvalue weighted by Crippen LogP contribution is -2.11. The number of aliphatic hydroxyl groups excluding tert-OH is 2. The van der Waals surface area contributed by atoms with Crippen LogP contribution in [-0.4, -0.2) is 16.8 Å². The zero-order valence-electron chi connectivity index (χ0n) is 8.57. The van der Waals surface area contributed by atoms with E-state index in [4.69, 9.17) is 10.8 Å². The minimum Gasteiger partial charge on any atom is -0.396 e. The molecule has 0 aromatic heterocycles. The molecule has 0 heterocycles. The van der Waals surface area contributed by atoms with Gasteiger partial charge in [0, 0.05) is 12.5 Å². The van der Waals surface area contributed by atoms with Crippen molar-refractivity contribution in [1.82, 2.24) is 0 Å². The molecule has 2 unspecified atom stereocenters. The largest absolute Gasteiger partial charge is 0.396 e. The number of aryl methyl sites for hydroxylation is 1. The molecule has 0 saturated carbocycles. The van der Waals surface area contributed by atoms with E-state index in [1.54, 1.807) is 0 Å². The average Bonchev–Trinajstić information content (AvgIpc) is 2.17. The van der Waals surface area contributed by atoms with Gasteiger partial charge in [-0.25, -0.2) is 0 Å². The molecule has 1 rings (SSSR count). The fourth-order valence-corrected chi connectivity index (χ4v) is 1.39. The van der Waals surface area contributed by atoms with Crippen LogP contribution in [-0.2, 0) is 0 Å². The molecule has 0 aliphatic heterocycles. The molecular weight excluding hydrogens is 178 g/mol. The van der Waals surface area contributed by atoms with Crippen molar-refractivity contribution in [3.63, 3.8) is 0 Å². The highest BCUT2D eigenvalue weighted by atomic mass is 16.3. The highest BCUT2D eigenvalue weighted by Crippen LogP contribution is 2.21. The summed E-state index contributed by atoms with van der Waals surface area (Å²) in [6.45, 7) is 3.93. The van der Waals surface area contributed by atoms with E-state index < -0.39 is 6.23 Å². The van der Waals surface area contributed by atoms with Crippen molar-refractivity contribution < 1.29 is 10.2 Å². The molecule has 0 amide bonds. The first-order valence-electron chi connectivity index (χ1n) is 4.71. The van der Waals surface area contributed by atoms with Crippen LogP contribution in [0.5, 0.6) is 0 Å². The highest BCUT2D eigenvalue weighted by Gasteiger charge is 2.09. The van der Waals surface area contributed by atoms with Crippen LogP contribution in [0.2, 0.25) is 0 Å². The average molecular weight is 195 g/mol. The van der Waals surface area contributed by atoms with E-state index in [9.17, 15) is 5.11 Å². The molecule has 0 spiro atoms. The van der Waals surface area contributed by atoms with Crippen LogP contribution in [0, 0.1) is 6.92 Å². The number of hydrogen-bond donors (Lipinski definition) is 3. The van der Waals surface area contributed by atoms with Crippen LogP contribution in [0.3, 0.4) is 0 Å². The van der Waals surface area contributed by atoms with E-state index in [-0.39, 0.29) is 12.5 Å². The van der Waals surface area contributed by atoms with Gasteiger partial charge in [0.05, 0.1) is 0 Å². The van der Waals surface area contributed by atoms with Gasteiger partial charge < -0.3 is 15.9 Å². The summed E-state index contributed by atoms with van der Waals surface area (Å²) in [5.74, 6) is 0.0769. The van der Waals surface area contributed by atoms with Gasteiger partial charge in [0.25, 0.3) is 0 Å². The molecule has 0 radical (unpaired) electrons. The van der Waals surface area contributed by atoms with Crippen LogP contribution in [0.15, 0.2) is 18.2 Å². The second-order valence-corrected chi connectivity index (χ2v) is 3.64. The van der Waals surface area contributed by atoms with Crippen LogP contribution < -0.4 is 5.73 Å². The summed E-state index contributed by atoms with van der Waals surface area (Å²) >= 11 is 0. The Balaban J connectivity index is 3.06. The van der Waals surface area contributed by atoms with Crippen LogP contribution >= 0.6 is 0 Å². The van der Waals surface area contributed by atoms with Gasteiger partial charge in [0.1, 0.15) is 6.23 Å². The highest BCUT2D eigenvalue weighted by molar-refractivity contribution is 5.33. The smallest absolute Gasteiger partial charge is 0.128 e. The van der Waals surface area contributed by atoms with Gasteiger partial charge in [-0.2, -0.15) is 0 Å². The summed E-state index contributed by atoms with van der Waals surface area (Å²) in [5.41, 5.74) is 8.11. The maximum Gasteiger partial charge on any atom is 0.128 e. The quantitative estimate of drug-likeness (QED) is 0.631. The molecule has 4 N–H and O–H groups in total. The maximum absolute atomic E-state index is 9.30. The van der Waals surface area contributed by atoms with Gasteiger partial charge in [-0.15, -0.1) is 0 Å². The third kappa shape index (κ3) is 2.32. The summed E-state index contributed by atoms with van der Waals surface area (Å²) < 4.78 is 0. The number of benzene rings is 1. The Morgan fingerprint density at radius 3 is 2.57 bits per heavy atom. The molecule has 14 heavy (non-hydrogen) atoms. The number of hydrogen-bond acceptors (Lipinski definition) is 3. The van der Waals surface area contributed by atoms with Crippen molar-refractivity contribution >= 4 is 0 Å². The molecule has 2 atom stereocenters. The Kier molecular flexibility index (Phi) is 3.63. The SMILES string of the molecule is Cc1ccc(C(C)CO)cc1C(N)O. The summed E-state index contributed by atoms with van der Waals surface area (Å²) in [6, 6.07) is 5.70. The first-order chi connectivity index (χ1) is 6.56. The molecule has 78 valence electrons. The monoisotopic (exact) mass is 195 g/mol. The minimum atomic E-state index is -0.944. The van der Waals surface area contributed by atoms with Gasteiger partial charge in [0.2, 0.25) is 0 Å². The van der Waals surface area contributed by atoms with Crippen molar-refractivity contribution in [2.75, 3.05) is 6.61 Å². The van der Waals surface area contributed by atoms with Crippen LogP contribution in [0.25, 0.3) is 0 Å². The van der Waals surface area contributed by atoms with Crippen molar-refractivity contribution in [3.8, 4) is 0 Å². The zero-order valence-corrected chi connectivity index (χ0v) is 8.57. The predicted molar refractivity (Wildman–Crippen MR) is 55.8 cm³/mol. The standard InChI is InChI=1S/C11H17NO2/c1-7-3-4-9(8(2)6-13)5-10(7)11(12)14/h3-5,8,11,13-14H,6,12H2,1-2H3. The van der Waals surface area contributed by atoms with Crippen molar-refractivity contribution in [2.24, 2.45) is 5.73 Å². The summed E-state index contributed by atoms with van der Waals surface area (Å²) in [6.07, 6.45) is -0.944. The second kappa shape index (κ2) is 4.55. The lowest BCUT2D eigenvalue weighted by atomic mass is 9.96. The number of rotatable bonds is 3. The van der Waals surface area contributed by atoms with E-state index in [1.807, 2.05) is 32.0 Å². The van der Waals surface area contributed by atoms with Crippen LogP contribution in [0.1, 0.15) is 35.8 Å². The molecule has 3 heteroatoms.